The van der Waals surface area contributed by atoms with E-state index < -0.39 is 14.8 Å². The lowest BCUT2D eigenvalue weighted by Gasteiger charge is -2.08. The molecule has 8 heteroatoms. The molecule has 0 amide bonds. The number of rotatable bonds is 8. The number of nitro benzene ring substituents is 1. The molecule has 112 valence electrons. The van der Waals surface area contributed by atoms with Crippen molar-refractivity contribution in [3.05, 3.63) is 33.9 Å². The minimum atomic E-state index is -3.05. The maximum Gasteiger partial charge on any atom is 0.310 e. The molecule has 0 aliphatic heterocycles. The van der Waals surface area contributed by atoms with Crippen LogP contribution in [-0.2, 0) is 15.7 Å². The van der Waals surface area contributed by atoms with Crippen LogP contribution >= 0.6 is 11.6 Å². The van der Waals surface area contributed by atoms with E-state index in [4.69, 9.17) is 16.3 Å². The Morgan fingerprint density at radius 2 is 2.10 bits per heavy atom. The Bertz CT molecular complexity index is 573. The number of alkyl halides is 1. The van der Waals surface area contributed by atoms with Crippen molar-refractivity contribution < 1.29 is 18.1 Å². The molecule has 0 radical (unpaired) electrons. The van der Waals surface area contributed by atoms with Crippen LogP contribution in [0.25, 0.3) is 0 Å². The van der Waals surface area contributed by atoms with Gasteiger partial charge in [-0.05, 0) is 18.1 Å². The van der Waals surface area contributed by atoms with E-state index in [1.54, 1.807) is 13.0 Å². The average molecular weight is 322 g/mol. The number of benzene rings is 1. The van der Waals surface area contributed by atoms with Gasteiger partial charge in [0.15, 0.2) is 5.75 Å². The van der Waals surface area contributed by atoms with Gasteiger partial charge in [-0.25, -0.2) is 8.42 Å². The third-order valence-electron chi connectivity index (χ3n) is 2.67. The first-order valence-corrected chi connectivity index (χ1v) is 8.41. The van der Waals surface area contributed by atoms with Crippen LogP contribution in [-0.4, -0.2) is 31.5 Å². The lowest BCUT2D eigenvalue weighted by Crippen LogP contribution is -2.12. The standard InChI is InChI=1S/C12H16ClNO5S/c1-2-20(17,18)7-3-6-19-12-8-10(9-13)4-5-11(12)14(15)16/h4-5,8H,2-3,6-7,9H2,1H3. The van der Waals surface area contributed by atoms with Crippen molar-refractivity contribution in [1.29, 1.82) is 0 Å². The van der Waals surface area contributed by atoms with Crippen molar-refractivity contribution in [1.82, 2.24) is 0 Å². The Morgan fingerprint density at radius 3 is 2.65 bits per heavy atom. The minimum absolute atomic E-state index is 0.00644. The van der Waals surface area contributed by atoms with Gasteiger partial charge in [-0.2, -0.15) is 0 Å². The predicted molar refractivity (Wildman–Crippen MR) is 77.1 cm³/mol. The molecule has 0 fully saturated rings. The predicted octanol–water partition coefficient (Wildman–Crippen LogP) is 2.54. The summed E-state index contributed by atoms with van der Waals surface area (Å²) in [5.41, 5.74) is 0.547. The van der Waals surface area contributed by atoms with Crippen molar-refractivity contribution >= 4 is 27.1 Å². The monoisotopic (exact) mass is 321 g/mol. The van der Waals surface area contributed by atoms with E-state index in [-0.39, 0.29) is 35.4 Å². The molecule has 0 atom stereocenters. The van der Waals surface area contributed by atoms with Crippen molar-refractivity contribution in [2.24, 2.45) is 0 Å². The van der Waals surface area contributed by atoms with Crippen LogP contribution in [0.1, 0.15) is 18.9 Å². The van der Waals surface area contributed by atoms with Crippen LogP contribution in [0, 0.1) is 10.1 Å². The molecule has 0 aliphatic rings. The van der Waals surface area contributed by atoms with Gasteiger partial charge < -0.3 is 4.74 Å². The first-order chi connectivity index (χ1) is 9.39. The van der Waals surface area contributed by atoms with Crippen LogP contribution < -0.4 is 4.74 Å². The zero-order valence-electron chi connectivity index (χ0n) is 11.0. The molecule has 0 saturated carbocycles. The Kier molecular flexibility index (Phi) is 6.22. The van der Waals surface area contributed by atoms with Gasteiger partial charge in [0.05, 0.1) is 17.3 Å². The zero-order chi connectivity index (χ0) is 15.2. The van der Waals surface area contributed by atoms with E-state index in [0.29, 0.717) is 12.0 Å². The highest BCUT2D eigenvalue weighted by atomic mass is 35.5. The fourth-order valence-electron chi connectivity index (χ4n) is 1.51. The second kappa shape index (κ2) is 7.44. The topological polar surface area (TPSA) is 86.5 Å². The highest BCUT2D eigenvalue weighted by Gasteiger charge is 2.16. The van der Waals surface area contributed by atoms with Crippen molar-refractivity contribution in [3.63, 3.8) is 0 Å². The molecule has 0 aromatic heterocycles. The molecule has 0 saturated heterocycles. The van der Waals surface area contributed by atoms with Gasteiger partial charge in [0.1, 0.15) is 9.84 Å². The Balaban J connectivity index is 2.69. The molecule has 0 bridgehead atoms. The Labute approximate surface area is 122 Å². The van der Waals surface area contributed by atoms with Crippen LogP contribution in [0.4, 0.5) is 5.69 Å². The lowest BCUT2D eigenvalue weighted by atomic mass is 10.2. The van der Waals surface area contributed by atoms with Gasteiger partial charge in [-0.3, -0.25) is 10.1 Å². The summed E-state index contributed by atoms with van der Waals surface area (Å²) in [6, 6.07) is 4.38. The third-order valence-corrected chi connectivity index (χ3v) is 4.77. The molecule has 0 N–H and O–H groups in total. The first kappa shape index (κ1) is 16.7. The maximum absolute atomic E-state index is 11.3. The highest BCUT2D eigenvalue weighted by molar-refractivity contribution is 7.91. The minimum Gasteiger partial charge on any atom is -0.487 e. The number of ether oxygens (including phenoxy) is 1. The van der Waals surface area contributed by atoms with Gasteiger partial charge in [-0.1, -0.05) is 13.0 Å². The molecule has 0 heterocycles. The van der Waals surface area contributed by atoms with Gasteiger partial charge >= 0.3 is 5.69 Å². The smallest absolute Gasteiger partial charge is 0.310 e. The van der Waals surface area contributed by atoms with E-state index in [9.17, 15) is 18.5 Å². The van der Waals surface area contributed by atoms with Gasteiger partial charge in [0, 0.05) is 17.7 Å². The molecular formula is C12H16ClNO5S. The summed E-state index contributed by atoms with van der Waals surface area (Å²) in [5, 5.41) is 10.9. The van der Waals surface area contributed by atoms with Gasteiger partial charge in [-0.15, -0.1) is 11.6 Å². The number of hydrogen-bond acceptors (Lipinski definition) is 5. The number of halogens is 1. The number of sulfone groups is 1. The number of hydrogen-bond donors (Lipinski definition) is 0. The second-order valence-electron chi connectivity index (χ2n) is 4.13. The molecule has 1 rings (SSSR count). The summed E-state index contributed by atoms with van der Waals surface area (Å²) < 4.78 is 27.9. The summed E-state index contributed by atoms with van der Waals surface area (Å²) in [6.45, 7) is 1.68. The van der Waals surface area contributed by atoms with Crippen LogP contribution in [0.3, 0.4) is 0 Å². The molecule has 0 aliphatic carbocycles. The summed E-state index contributed by atoms with van der Waals surface area (Å²) in [4.78, 5) is 10.3. The van der Waals surface area contributed by atoms with E-state index in [1.165, 1.54) is 12.1 Å². The molecule has 0 spiro atoms. The van der Waals surface area contributed by atoms with E-state index in [2.05, 4.69) is 0 Å². The fraction of sp³-hybridized carbons (Fsp3) is 0.500. The quantitative estimate of drug-likeness (QED) is 0.318. The van der Waals surface area contributed by atoms with Crippen molar-refractivity contribution in [3.8, 4) is 5.75 Å². The summed E-state index contributed by atoms with van der Waals surface area (Å²) in [5.74, 6) is 0.419. The van der Waals surface area contributed by atoms with Crippen LogP contribution in [0.5, 0.6) is 5.75 Å². The van der Waals surface area contributed by atoms with Gasteiger partial charge in [0.2, 0.25) is 0 Å². The van der Waals surface area contributed by atoms with Crippen molar-refractivity contribution in [2.75, 3.05) is 18.1 Å². The SMILES string of the molecule is CCS(=O)(=O)CCCOc1cc(CCl)ccc1[N+](=O)[O-]. The van der Waals surface area contributed by atoms with E-state index in [0.717, 1.165) is 0 Å². The van der Waals surface area contributed by atoms with Crippen LogP contribution in [0.15, 0.2) is 18.2 Å². The van der Waals surface area contributed by atoms with Crippen LogP contribution in [0.2, 0.25) is 0 Å². The van der Waals surface area contributed by atoms with E-state index in [1.807, 2.05) is 0 Å². The maximum atomic E-state index is 11.3. The lowest BCUT2D eigenvalue weighted by molar-refractivity contribution is -0.385. The molecular weight excluding hydrogens is 306 g/mol. The first-order valence-electron chi connectivity index (χ1n) is 6.06. The highest BCUT2D eigenvalue weighted by Crippen LogP contribution is 2.28. The number of nitro groups is 1. The fourth-order valence-corrected chi connectivity index (χ4v) is 2.53. The Hall–Kier alpha value is -1.34. The summed E-state index contributed by atoms with van der Waals surface area (Å²) >= 11 is 5.67. The second-order valence-corrected chi connectivity index (χ2v) is 6.87. The number of nitrogens with zero attached hydrogens (tertiary/aromatic N) is 1. The van der Waals surface area contributed by atoms with Gasteiger partial charge in [0.25, 0.3) is 0 Å². The summed E-state index contributed by atoms with van der Waals surface area (Å²) in [7, 11) is -3.05. The molecule has 1 aromatic rings. The molecule has 1 aromatic carbocycles. The molecule has 6 nitrogen and oxygen atoms in total. The zero-order valence-corrected chi connectivity index (χ0v) is 12.6. The van der Waals surface area contributed by atoms with E-state index >= 15 is 0 Å². The Morgan fingerprint density at radius 1 is 1.40 bits per heavy atom. The molecule has 20 heavy (non-hydrogen) atoms. The largest absolute Gasteiger partial charge is 0.487 e. The normalized spacial score (nSPS) is 11.3. The summed E-state index contributed by atoms with van der Waals surface area (Å²) in [6.07, 6.45) is 0.290. The van der Waals surface area contributed by atoms with Crippen molar-refractivity contribution in [2.45, 2.75) is 19.2 Å². The third kappa shape index (κ3) is 4.97. The molecule has 0 unspecified atom stereocenters. The average Bonchev–Trinajstić information content (AvgIpc) is 2.43.